The van der Waals surface area contributed by atoms with Crippen LogP contribution in [0.4, 0.5) is 4.79 Å². The lowest BCUT2D eigenvalue weighted by Crippen LogP contribution is -2.48. The van der Waals surface area contributed by atoms with E-state index in [1.165, 1.54) is 5.56 Å². The highest BCUT2D eigenvalue weighted by molar-refractivity contribution is 5.85. The van der Waals surface area contributed by atoms with Crippen molar-refractivity contribution in [2.45, 2.75) is 31.8 Å². The Labute approximate surface area is 153 Å². The van der Waals surface area contributed by atoms with Gasteiger partial charge in [0, 0.05) is 38.3 Å². The number of carbonyl (C=O) groups is 2. The van der Waals surface area contributed by atoms with E-state index in [0.717, 1.165) is 25.1 Å². The van der Waals surface area contributed by atoms with E-state index in [1.807, 2.05) is 29.0 Å². The summed E-state index contributed by atoms with van der Waals surface area (Å²) in [5.74, 6) is -0.0971. The van der Waals surface area contributed by atoms with Crippen molar-refractivity contribution < 1.29 is 9.59 Å². The average Bonchev–Trinajstić information content (AvgIpc) is 3.09. The number of amides is 3. The van der Waals surface area contributed by atoms with E-state index in [9.17, 15) is 9.59 Å². The van der Waals surface area contributed by atoms with Gasteiger partial charge in [-0.05, 0) is 18.4 Å². The Morgan fingerprint density at radius 2 is 1.96 bits per heavy atom. The average molecular weight is 354 g/mol. The number of rotatable bonds is 6. The second-order valence-corrected chi connectivity index (χ2v) is 6.54. The molecule has 1 aliphatic heterocycles. The van der Waals surface area contributed by atoms with Crippen LogP contribution in [-0.4, -0.2) is 45.5 Å². The highest BCUT2D eigenvalue weighted by Crippen LogP contribution is 2.10. The first kappa shape index (κ1) is 18.0. The van der Waals surface area contributed by atoms with E-state index < -0.39 is 6.03 Å². The molecule has 1 aliphatic rings. The number of benzene rings is 1. The smallest absolute Gasteiger partial charge is 0.314 e. The second kappa shape index (κ2) is 8.51. The molecule has 3 rings (SSSR count). The van der Waals surface area contributed by atoms with Gasteiger partial charge in [-0.3, -0.25) is 4.79 Å². The Morgan fingerprint density at radius 1 is 1.23 bits per heavy atom. The molecule has 0 spiro atoms. The molecular weight excluding hydrogens is 330 g/mol. The zero-order valence-corrected chi connectivity index (χ0v) is 14.7. The van der Waals surface area contributed by atoms with Gasteiger partial charge in [0.25, 0.3) is 0 Å². The van der Waals surface area contributed by atoms with Crippen LogP contribution in [0.25, 0.3) is 0 Å². The lowest BCUT2D eigenvalue weighted by molar-refractivity contribution is -0.118. The number of urea groups is 1. The fourth-order valence-electron chi connectivity index (χ4n) is 3.09. The van der Waals surface area contributed by atoms with Crippen LogP contribution in [0.2, 0.25) is 0 Å². The lowest BCUT2D eigenvalue weighted by atomic mass is 10.0. The van der Waals surface area contributed by atoms with Crippen molar-refractivity contribution in [3.05, 3.63) is 60.5 Å². The van der Waals surface area contributed by atoms with Crippen LogP contribution in [0.5, 0.6) is 0 Å². The van der Waals surface area contributed by atoms with Crippen LogP contribution >= 0.6 is 0 Å². The third-order valence-corrected chi connectivity index (χ3v) is 4.54. The molecule has 0 aliphatic carbocycles. The number of imidazole rings is 1. The maximum atomic E-state index is 12.1. The van der Waals surface area contributed by atoms with E-state index in [1.54, 1.807) is 17.6 Å². The largest absolute Gasteiger partial charge is 0.353 e. The van der Waals surface area contributed by atoms with E-state index in [2.05, 4.69) is 22.4 Å². The minimum absolute atomic E-state index is 0.0880. The number of carbonyl (C=O) groups excluding carboxylic acids is 2. The molecule has 0 atom stereocenters. The topological polar surface area (TPSA) is 93.3 Å². The molecule has 3 N–H and O–H groups in total. The van der Waals surface area contributed by atoms with Crippen LogP contribution in [0.3, 0.4) is 0 Å². The summed E-state index contributed by atoms with van der Waals surface area (Å²) in [6.45, 7) is 1.94. The predicted octanol–water partition coefficient (Wildman–Crippen LogP) is 1.34. The third kappa shape index (κ3) is 5.08. The van der Waals surface area contributed by atoms with Gasteiger partial charge in [0.1, 0.15) is 0 Å². The molecule has 2 aromatic rings. The maximum absolute atomic E-state index is 12.1. The summed E-state index contributed by atoms with van der Waals surface area (Å²) in [6, 6.07) is 9.86. The molecular formula is C19H24N5O2. The summed E-state index contributed by atoms with van der Waals surface area (Å²) in [7, 11) is 0. The normalized spacial score (nSPS) is 15.0. The standard InChI is InChI=1S/C19H24N5O2/c20-19(26)24-10-8-16(9-11-24)22-18(25)7-6-17-13-23(14-21-17)12-15-4-2-1-3-5-15/h1-5,7,13-14,16H,6,8-12H2,(H2,20,26)(H,22,25). The Balaban J connectivity index is 1.40. The number of hydrogen-bond acceptors (Lipinski definition) is 3. The van der Waals surface area contributed by atoms with E-state index in [4.69, 9.17) is 5.73 Å². The van der Waals surface area contributed by atoms with Gasteiger partial charge in [-0.25, -0.2) is 9.78 Å². The zero-order valence-electron chi connectivity index (χ0n) is 14.7. The molecule has 7 nitrogen and oxygen atoms in total. The van der Waals surface area contributed by atoms with E-state index >= 15 is 0 Å². The first-order chi connectivity index (χ1) is 12.6. The molecule has 3 amide bonds. The van der Waals surface area contributed by atoms with Gasteiger partial charge in [-0.15, -0.1) is 0 Å². The number of hydrogen-bond donors (Lipinski definition) is 2. The summed E-state index contributed by atoms with van der Waals surface area (Å²) < 4.78 is 2.01. The lowest BCUT2D eigenvalue weighted by Gasteiger charge is -2.31. The van der Waals surface area contributed by atoms with Crippen molar-refractivity contribution in [2.24, 2.45) is 5.73 Å². The molecule has 2 heterocycles. The number of aromatic nitrogens is 2. The third-order valence-electron chi connectivity index (χ3n) is 4.54. The summed E-state index contributed by atoms with van der Waals surface area (Å²) in [5.41, 5.74) is 7.33. The molecule has 137 valence electrons. The fraction of sp³-hybridized carbons (Fsp3) is 0.368. The number of nitrogens with one attached hydrogen (secondary N) is 1. The number of primary amides is 1. The monoisotopic (exact) mass is 354 g/mol. The molecule has 1 fully saturated rings. The number of nitrogens with zero attached hydrogens (tertiary/aromatic N) is 3. The summed E-state index contributed by atoms with van der Waals surface area (Å²) >= 11 is 0. The van der Waals surface area contributed by atoms with Crippen LogP contribution < -0.4 is 11.1 Å². The minimum atomic E-state index is -0.396. The molecule has 1 aromatic heterocycles. The Kier molecular flexibility index (Phi) is 5.88. The molecule has 0 saturated carbocycles. The van der Waals surface area contributed by atoms with Crippen molar-refractivity contribution in [3.63, 3.8) is 0 Å². The van der Waals surface area contributed by atoms with E-state index in [0.29, 0.717) is 19.5 Å². The highest BCUT2D eigenvalue weighted by atomic mass is 16.2. The minimum Gasteiger partial charge on any atom is -0.353 e. The van der Waals surface area contributed by atoms with Crippen molar-refractivity contribution in [2.75, 3.05) is 13.1 Å². The highest BCUT2D eigenvalue weighted by Gasteiger charge is 2.22. The molecule has 26 heavy (non-hydrogen) atoms. The summed E-state index contributed by atoms with van der Waals surface area (Å²) in [4.78, 5) is 29.2. The van der Waals surface area contributed by atoms with Crippen LogP contribution in [0.15, 0.2) is 42.9 Å². The Bertz CT molecular complexity index is 735. The van der Waals surface area contributed by atoms with Gasteiger partial charge in [0.15, 0.2) is 0 Å². The number of nitrogens with two attached hydrogens (primary N) is 1. The first-order valence-electron chi connectivity index (χ1n) is 8.83. The zero-order chi connectivity index (χ0) is 18.4. The van der Waals surface area contributed by atoms with Crippen LogP contribution in [0.1, 0.15) is 24.1 Å². The molecule has 7 heteroatoms. The SMILES string of the molecule is NC(=O)N1CCC(NC(=O)[CH]Cc2cn(Cc3ccccc3)cn2)CC1. The Morgan fingerprint density at radius 3 is 2.65 bits per heavy atom. The fourth-order valence-corrected chi connectivity index (χ4v) is 3.09. The van der Waals surface area contributed by atoms with Crippen LogP contribution in [-0.2, 0) is 17.8 Å². The molecule has 1 aromatic carbocycles. The maximum Gasteiger partial charge on any atom is 0.314 e. The van der Waals surface area contributed by atoms with Crippen molar-refractivity contribution in [3.8, 4) is 0 Å². The molecule has 1 saturated heterocycles. The number of piperidine rings is 1. The van der Waals surface area contributed by atoms with Gasteiger partial charge in [0.05, 0.1) is 18.4 Å². The van der Waals surface area contributed by atoms with Gasteiger partial charge in [-0.2, -0.15) is 0 Å². The van der Waals surface area contributed by atoms with Crippen LogP contribution in [0, 0.1) is 6.42 Å². The van der Waals surface area contributed by atoms with Gasteiger partial charge >= 0.3 is 6.03 Å². The second-order valence-electron chi connectivity index (χ2n) is 6.54. The summed E-state index contributed by atoms with van der Waals surface area (Å²) in [6.07, 6.45) is 7.32. The Hall–Kier alpha value is -2.83. The first-order valence-corrected chi connectivity index (χ1v) is 8.83. The molecule has 0 unspecified atom stereocenters. The summed E-state index contributed by atoms with van der Waals surface area (Å²) in [5, 5.41) is 2.99. The van der Waals surface area contributed by atoms with Gasteiger partial charge < -0.3 is 20.5 Å². The predicted molar refractivity (Wildman–Crippen MR) is 98.1 cm³/mol. The van der Waals surface area contributed by atoms with E-state index in [-0.39, 0.29) is 11.9 Å². The van der Waals surface area contributed by atoms with Crippen molar-refractivity contribution >= 4 is 11.9 Å². The quantitative estimate of drug-likeness (QED) is 0.820. The van der Waals surface area contributed by atoms with Crippen molar-refractivity contribution in [1.29, 1.82) is 0 Å². The number of likely N-dealkylation sites (tertiary alicyclic amines) is 1. The van der Waals surface area contributed by atoms with Crippen molar-refractivity contribution in [1.82, 2.24) is 19.8 Å². The van der Waals surface area contributed by atoms with Gasteiger partial charge in [0.2, 0.25) is 5.91 Å². The molecule has 1 radical (unpaired) electrons. The van der Waals surface area contributed by atoms with Gasteiger partial charge in [-0.1, -0.05) is 30.3 Å². The molecule has 0 bridgehead atoms.